The van der Waals surface area contributed by atoms with Gasteiger partial charge in [-0.05, 0) is 50.1 Å². The van der Waals surface area contributed by atoms with Gasteiger partial charge in [-0.1, -0.05) is 36.4 Å². The Morgan fingerprint density at radius 2 is 1.65 bits per heavy atom. The number of nitrogens with zero attached hydrogens (tertiary/aromatic N) is 1. The number of likely N-dealkylation sites (N-methyl/N-ethyl adjacent to an activating group) is 1. The third-order valence-electron chi connectivity index (χ3n) is 4.80. The van der Waals surface area contributed by atoms with Crippen LogP contribution in [0.2, 0.25) is 0 Å². The molecule has 166 valence electrons. The Labute approximate surface area is 184 Å². The molecule has 0 saturated heterocycles. The fourth-order valence-electron chi connectivity index (χ4n) is 3.09. The number of hydrogen-bond donors (Lipinski definition) is 1. The van der Waals surface area contributed by atoms with Crippen molar-refractivity contribution in [1.82, 2.24) is 4.90 Å². The van der Waals surface area contributed by atoms with Crippen molar-refractivity contribution in [2.45, 2.75) is 33.6 Å². The molecule has 0 bridgehead atoms. The van der Waals surface area contributed by atoms with E-state index in [4.69, 9.17) is 14.6 Å². The van der Waals surface area contributed by atoms with Crippen molar-refractivity contribution in [3.05, 3.63) is 65.2 Å². The first-order chi connectivity index (χ1) is 14.9. The monoisotopic (exact) mass is 425 g/mol. The summed E-state index contributed by atoms with van der Waals surface area (Å²) in [6.07, 6.45) is 2.44. The second-order valence-corrected chi connectivity index (χ2v) is 7.09. The first-order valence-corrected chi connectivity index (χ1v) is 10.6. The van der Waals surface area contributed by atoms with Gasteiger partial charge in [0.2, 0.25) is 5.91 Å². The van der Waals surface area contributed by atoms with Crippen LogP contribution in [-0.4, -0.2) is 48.2 Å². The molecular formula is C25H31NO5. The van der Waals surface area contributed by atoms with Gasteiger partial charge in [0.25, 0.3) is 0 Å². The van der Waals surface area contributed by atoms with Gasteiger partial charge in [0.1, 0.15) is 0 Å². The van der Waals surface area contributed by atoms with E-state index in [9.17, 15) is 9.59 Å². The van der Waals surface area contributed by atoms with Crippen molar-refractivity contribution in [3.8, 4) is 11.5 Å². The number of amides is 1. The number of carbonyl (C=O) groups is 2. The van der Waals surface area contributed by atoms with Gasteiger partial charge in [-0.2, -0.15) is 0 Å². The molecule has 2 rings (SSSR count). The molecule has 2 aromatic carbocycles. The van der Waals surface area contributed by atoms with Crippen molar-refractivity contribution in [3.63, 3.8) is 0 Å². The molecular weight excluding hydrogens is 394 g/mol. The molecule has 0 heterocycles. The molecule has 0 saturated carbocycles. The van der Waals surface area contributed by atoms with Crippen molar-refractivity contribution < 1.29 is 24.2 Å². The zero-order chi connectivity index (χ0) is 22.6. The first kappa shape index (κ1) is 24.0. The molecule has 31 heavy (non-hydrogen) atoms. The lowest BCUT2D eigenvalue weighted by Gasteiger charge is -2.19. The van der Waals surface area contributed by atoms with E-state index in [1.807, 2.05) is 50.2 Å². The third kappa shape index (κ3) is 7.81. The van der Waals surface area contributed by atoms with E-state index in [1.165, 1.54) is 5.56 Å². The molecule has 0 aromatic heterocycles. The van der Waals surface area contributed by atoms with Crippen LogP contribution >= 0.6 is 0 Å². The van der Waals surface area contributed by atoms with E-state index >= 15 is 0 Å². The van der Waals surface area contributed by atoms with E-state index in [-0.39, 0.29) is 18.9 Å². The lowest BCUT2D eigenvalue weighted by molar-refractivity contribution is -0.137. The van der Waals surface area contributed by atoms with Crippen LogP contribution in [0.25, 0.3) is 6.08 Å². The van der Waals surface area contributed by atoms with Crippen LogP contribution in [0.3, 0.4) is 0 Å². The summed E-state index contributed by atoms with van der Waals surface area (Å²) in [5, 5.41) is 8.90. The molecule has 0 aliphatic carbocycles. The molecule has 0 aliphatic heterocycles. The molecule has 0 fully saturated rings. The number of carboxylic acids is 1. The summed E-state index contributed by atoms with van der Waals surface area (Å²) < 4.78 is 11.6. The number of carboxylic acid groups (broad SMARTS) is 1. The Kier molecular flexibility index (Phi) is 9.62. The summed E-state index contributed by atoms with van der Waals surface area (Å²) in [6.45, 7) is 7.49. The number of hydrogen-bond acceptors (Lipinski definition) is 4. The average molecular weight is 426 g/mol. The van der Waals surface area contributed by atoms with Crippen molar-refractivity contribution in [2.75, 3.05) is 26.3 Å². The Hall–Kier alpha value is -3.28. The minimum Gasteiger partial charge on any atom is -0.489 e. The van der Waals surface area contributed by atoms with Gasteiger partial charge in [-0.25, -0.2) is 0 Å². The normalized spacial score (nSPS) is 11.1. The Bertz CT molecular complexity index is 888. The van der Waals surface area contributed by atoms with Crippen molar-refractivity contribution in [1.29, 1.82) is 0 Å². The smallest absolute Gasteiger partial charge is 0.306 e. The Balaban J connectivity index is 2.16. The first-order valence-electron chi connectivity index (χ1n) is 10.6. The van der Waals surface area contributed by atoms with Crippen LogP contribution in [-0.2, 0) is 16.0 Å². The maximum absolute atomic E-state index is 12.5. The van der Waals surface area contributed by atoms with Crippen molar-refractivity contribution in [2.24, 2.45) is 0 Å². The van der Waals surface area contributed by atoms with Crippen LogP contribution in [0, 0.1) is 0 Å². The highest BCUT2D eigenvalue weighted by molar-refractivity contribution is 5.97. The highest BCUT2D eigenvalue weighted by atomic mass is 16.5. The molecule has 0 unspecified atom stereocenters. The lowest BCUT2D eigenvalue weighted by atomic mass is 10.1. The number of carbonyl (C=O) groups excluding carboxylic acids is 1. The highest BCUT2D eigenvalue weighted by Gasteiger charge is 2.13. The molecule has 0 atom stereocenters. The fraction of sp³-hybridized carbons (Fsp3) is 0.360. The average Bonchev–Trinajstić information content (AvgIpc) is 2.76. The summed E-state index contributed by atoms with van der Waals surface area (Å²) in [4.78, 5) is 25.1. The summed E-state index contributed by atoms with van der Waals surface area (Å²) in [5.41, 5.74) is 2.58. The summed E-state index contributed by atoms with van der Waals surface area (Å²) in [6, 6.07) is 15.4. The largest absolute Gasteiger partial charge is 0.489 e. The Morgan fingerprint density at radius 1 is 0.968 bits per heavy atom. The van der Waals surface area contributed by atoms with E-state index in [0.717, 1.165) is 12.0 Å². The maximum Gasteiger partial charge on any atom is 0.306 e. The molecule has 0 radical (unpaired) electrons. The number of rotatable bonds is 12. The molecule has 1 N–H and O–H groups in total. The van der Waals surface area contributed by atoms with E-state index < -0.39 is 5.97 Å². The van der Waals surface area contributed by atoms with E-state index in [0.29, 0.717) is 36.8 Å². The molecule has 6 nitrogen and oxygen atoms in total. The molecule has 6 heteroatoms. The van der Waals surface area contributed by atoms with Gasteiger partial charge in [-0.3, -0.25) is 9.59 Å². The predicted octanol–water partition coefficient (Wildman–Crippen LogP) is 4.43. The van der Waals surface area contributed by atoms with Gasteiger partial charge < -0.3 is 19.5 Å². The van der Waals surface area contributed by atoms with Gasteiger partial charge in [-0.15, -0.1) is 0 Å². The SMILES string of the molecule is CCN(CC)C(=O)/C(C)=C\c1ccc(OCCc2ccccc2)c(OCCC(=O)O)c1. The molecule has 0 aliphatic rings. The van der Waals surface area contributed by atoms with Crippen LogP contribution in [0.5, 0.6) is 11.5 Å². The number of aliphatic carboxylic acids is 1. The Morgan fingerprint density at radius 3 is 2.29 bits per heavy atom. The third-order valence-corrected chi connectivity index (χ3v) is 4.80. The standard InChI is InChI=1S/C25H31NO5/c1-4-26(5-2)25(29)19(3)17-21-11-12-22(23(18-21)31-16-14-24(27)28)30-15-13-20-9-7-6-8-10-20/h6-12,17-18H,4-5,13-16H2,1-3H3,(H,27,28)/b19-17-. The zero-order valence-electron chi connectivity index (χ0n) is 18.5. The summed E-state index contributed by atoms with van der Waals surface area (Å²) in [5.74, 6) is 0.0714. The van der Waals surface area contributed by atoms with Gasteiger partial charge in [0.15, 0.2) is 11.5 Å². The minimum atomic E-state index is -0.928. The van der Waals surface area contributed by atoms with Gasteiger partial charge >= 0.3 is 5.97 Å². The van der Waals surface area contributed by atoms with Crippen LogP contribution < -0.4 is 9.47 Å². The van der Waals surface area contributed by atoms with Gasteiger partial charge in [0, 0.05) is 25.1 Å². The lowest BCUT2D eigenvalue weighted by Crippen LogP contribution is -2.30. The van der Waals surface area contributed by atoms with Crippen LogP contribution in [0.15, 0.2) is 54.1 Å². The van der Waals surface area contributed by atoms with E-state index in [2.05, 4.69) is 0 Å². The van der Waals surface area contributed by atoms with Crippen LogP contribution in [0.4, 0.5) is 0 Å². The minimum absolute atomic E-state index is 0.0125. The topological polar surface area (TPSA) is 76.1 Å². The second-order valence-electron chi connectivity index (χ2n) is 7.09. The summed E-state index contributed by atoms with van der Waals surface area (Å²) in [7, 11) is 0. The highest BCUT2D eigenvalue weighted by Crippen LogP contribution is 2.30. The van der Waals surface area contributed by atoms with Gasteiger partial charge in [0.05, 0.1) is 19.6 Å². The molecule has 2 aromatic rings. The quantitative estimate of drug-likeness (QED) is 0.509. The predicted molar refractivity (Wildman–Crippen MR) is 121 cm³/mol. The number of ether oxygens (including phenoxy) is 2. The molecule has 1 amide bonds. The maximum atomic E-state index is 12.5. The van der Waals surface area contributed by atoms with E-state index in [1.54, 1.807) is 30.0 Å². The fourth-order valence-corrected chi connectivity index (χ4v) is 3.09. The molecule has 0 spiro atoms. The number of benzene rings is 2. The zero-order valence-corrected chi connectivity index (χ0v) is 18.5. The second kappa shape index (κ2) is 12.4. The summed E-state index contributed by atoms with van der Waals surface area (Å²) >= 11 is 0. The van der Waals surface area contributed by atoms with Crippen LogP contribution in [0.1, 0.15) is 38.3 Å². The van der Waals surface area contributed by atoms with Crippen molar-refractivity contribution >= 4 is 18.0 Å².